The number of anilines is 1. The quantitative estimate of drug-likeness (QED) is 0.483. The van der Waals surface area contributed by atoms with Gasteiger partial charge in [-0.15, -0.1) is 11.3 Å². The van der Waals surface area contributed by atoms with Gasteiger partial charge in [0.15, 0.2) is 0 Å². The molecule has 4 rings (SSSR count). The zero-order valence-electron chi connectivity index (χ0n) is 23.3. The van der Waals surface area contributed by atoms with E-state index in [4.69, 9.17) is 0 Å². The number of thiophene rings is 1. The molecule has 0 saturated carbocycles. The smallest absolute Gasteiger partial charge is 0.257 e. The Morgan fingerprint density at radius 3 is 2.34 bits per heavy atom. The fraction of sp³-hybridized carbons (Fsp3) is 0.571. The van der Waals surface area contributed by atoms with Gasteiger partial charge >= 0.3 is 0 Å². The molecule has 0 bridgehead atoms. The highest BCUT2D eigenvalue weighted by molar-refractivity contribution is 7.89. The summed E-state index contributed by atoms with van der Waals surface area (Å²) >= 11 is 1.45. The van der Waals surface area contributed by atoms with Crippen LogP contribution in [0, 0.1) is 0 Å². The van der Waals surface area contributed by atoms with Gasteiger partial charge in [0, 0.05) is 48.2 Å². The monoisotopic (exact) mass is 560 g/mol. The number of nitrogens with one attached hydrogen (secondary N) is 2. The molecule has 0 radical (unpaired) electrons. The van der Waals surface area contributed by atoms with Crippen molar-refractivity contribution in [1.82, 2.24) is 14.5 Å². The summed E-state index contributed by atoms with van der Waals surface area (Å²) in [5.74, 6) is -0.396. The topological polar surface area (TPSA) is 98.8 Å². The molecule has 1 fully saturated rings. The lowest BCUT2D eigenvalue weighted by atomic mass is 9.81. The third-order valence-electron chi connectivity index (χ3n) is 7.33. The van der Waals surface area contributed by atoms with Crippen molar-refractivity contribution in [2.24, 2.45) is 0 Å². The average Bonchev–Trinajstić information content (AvgIpc) is 3.50. The Morgan fingerprint density at radius 1 is 1.11 bits per heavy atom. The fourth-order valence-corrected chi connectivity index (χ4v) is 8.03. The number of sulfonamides is 1. The molecule has 0 aliphatic carbocycles. The first kappa shape index (κ1) is 28.7. The van der Waals surface area contributed by atoms with E-state index in [1.807, 2.05) is 11.8 Å². The number of nitrogens with zero attached hydrogens (tertiary/aromatic N) is 2. The van der Waals surface area contributed by atoms with E-state index in [9.17, 15) is 18.0 Å². The second-order valence-electron chi connectivity index (χ2n) is 11.6. The minimum atomic E-state index is -3.62. The molecule has 1 aromatic heterocycles. The summed E-state index contributed by atoms with van der Waals surface area (Å²) in [5.41, 5.74) is 1.38. The lowest BCUT2D eigenvalue weighted by molar-refractivity contribution is 0.0792. The average molecular weight is 561 g/mol. The minimum absolute atomic E-state index is 0.0274. The van der Waals surface area contributed by atoms with Gasteiger partial charge < -0.3 is 15.5 Å². The highest BCUT2D eigenvalue weighted by atomic mass is 32.2. The molecule has 3 heterocycles. The van der Waals surface area contributed by atoms with Crippen molar-refractivity contribution in [2.45, 2.75) is 82.7 Å². The van der Waals surface area contributed by atoms with Crippen LogP contribution in [-0.2, 0) is 22.0 Å². The van der Waals surface area contributed by atoms with E-state index in [-0.39, 0.29) is 27.8 Å². The molecule has 10 heteroatoms. The van der Waals surface area contributed by atoms with Crippen LogP contribution in [0.1, 0.15) is 91.5 Å². The third-order valence-corrected chi connectivity index (χ3v) is 10.7. The fourth-order valence-electron chi connectivity index (χ4n) is 5.55. The van der Waals surface area contributed by atoms with Crippen LogP contribution in [-0.4, -0.2) is 61.7 Å². The number of benzene rings is 1. The molecular weight excluding hydrogens is 520 g/mol. The maximum absolute atomic E-state index is 13.7. The van der Waals surface area contributed by atoms with E-state index in [0.717, 1.165) is 49.2 Å². The summed E-state index contributed by atoms with van der Waals surface area (Å²) < 4.78 is 27.1. The molecule has 1 aromatic carbocycles. The lowest BCUT2D eigenvalue weighted by Crippen LogP contribution is -2.55. The molecule has 0 unspecified atom stereocenters. The molecule has 208 valence electrons. The number of hydrogen-bond donors (Lipinski definition) is 2. The highest BCUT2D eigenvalue weighted by Crippen LogP contribution is 2.45. The van der Waals surface area contributed by atoms with Crippen molar-refractivity contribution >= 4 is 38.2 Å². The van der Waals surface area contributed by atoms with Crippen LogP contribution >= 0.6 is 11.3 Å². The van der Waals surface area contributed by atoms with Crippen molar-refractivity contribution in [1.29, 1.82) is 0 Å². The van der Waals surface area contributed by atoms with Crippen LogP contribution < -0.4 is 10.6 Å². The maximum atomic E-state index is 13.7. The predicted molar refractivity (Wildman–Crippen MR) is 153 cm³/mol. The molecule has 2 N–H and O–H groups in total. The second-order valence-corrected chi connectivity index (χ2v) is 14.6. The summed E-state index contributed by atoms with van der Waals surface area (Å²) in [5, 5.41) is 7.24. The van der Waals surface area contributed by atoms with Crippen LogP contribution in [0.2, 0.25) is 0 Å². The third kappa shape index (κ3) is 5.68. The van der Waals surface area contributed by atoms with Crippen LogP contribution in [0.3, 0.4) is 0 Å². The summed E-state index contributed by atoms with van der Waals surface area (Å²) in [6.07, 6.45) is 4.34. The zero-order chi connectivity index (χ0) is 27.9. The van der Waals surface area contributed by atoms with Gasteiger partial charge in [-0.25, -0.2) is 12.7 Å². The molecule has 38 heavy (non-hydrogen) atoms. The van der Waals surface area contributed by atoms with Crippen molar-refractivity contribution in [3.63, 3.8) is 0 Å². The van der Waals surface area contributed by atoms with Crippen molar-refractivity contribution in [2.75, 3.05) is 32.0 Å². The number of fused-ring (bicyclic) bond motifs is 1. The summed E-state index contributed by atoms with van der Waals surface area (Å²) in [7, 11) is -2.05. The number of hydrogen-bond acceptors (Lipinski definition) is 6. The summed E-state index contributed by atoms with van der Waals surface area (Å²) in [4.78, 5) is 30.2. The largest absolute Gasteiger partial charge is 0.339 e. The number of carbonyl (C=O) groups is 2. The standard InChI is InChI=1S/C28H40N4O4S2/c1-7-8-15-31(6)38(35,36)20-13-11-19(12-14-20)24(33)29-25-22(26(34)32-16-9-10-17-32)21-18-27(2,3)30-28(4,5)23(21)37-25/h11-14,30H,7-10,15-18H2,1-6H3,(H,29,33). The molecule has 2 aliphatic rings. The van der Waals surface area contributed by atoms with Gasteiger partial charge in [0.2, 0.25) is 10.0 Å². The van der Waals surface area contributed by atoms with Crippen molar-refractivity contribution < 1.29 is 18.0 Å². The van der Waals surface area contributed by atoms with E-state index < -0.39 is 10.0 Å². The maximum Gasteiger partial charge on any atom is 0.257 e. The molecule has 2 amide bonds. The second kappa shape index (κ2) is 10.7. The Kier molecular flexibility index (Phi) is 8.10. The highest BCUT2D eigenvalue weighted by Gasteiger charge is 2.42. The van der Waals surface area contributed by atoms with Crippen LogP contribution in [0.5, 0.6) is 0 Å². The van der Waals surface area contributed by atoms with Gasteiger partial charge in [-0.05, 0) is 83.2 Å². The van der Waals surface area contributed by atoms with Gasteiger partial charge in [-0.2, -0.15) is 0 Å². The molecule has 1 saturated heterocycles. The number of amides is 2. The molecule has 2 aromatic rings. The number of rotatable bonds is 8. The molecule has 0 spiro atoms. The van der Waals surface area contributed by atoms with Gasteiger partial charge in [-0.1, -0.05) is 13.3 Å². The van der Waals surface area contributed by atoms with Crippen LogP contribution in [0.4, 0.5) is 5.00 Å². The summed E-state index contributed by atoms with van der Waals surface area (Å²) in [6.45, 7) is 12.4. The zero-order valence-corrected chi connectivity index (χ0v) is 24.9. The molecular formula is C28H40N4O4S2. The van der Waals surface area contributed by atoms with Crippen LogP contribution in [0.25, 0.3) is 0 Å². The summed E-state index contributed by atoms with van der Waals surface area (Å²) in [6, 6.07) is 6.00. The first-order valence-electron chi connectivity index (χ1n) is 13.4. The Balaban J connectivity index is 1.65. The van der Waals surface area contributed by atoms with E-state index in [2.05, 4.69) is 38.3 Å². The van der Waals surface area contributed by atoms with E-state index in [1.54, 1.807) is 7.05 Å². The van der Waals surface area contributed by atoms with Crippen molar-refractivity contribution in [3.05, 3.63) is 45.8 Å². The van der Waals surface area contributed by atoms with E-state index in [1.165, 1.54) is 39.9 Å². The van der Waals surface area contributed by atoms with Gasteiger partial charge in [0.1, 0.15) is 5.00 Å². The predicted octanol–water partition coefficient (Wildman–Crippen LogP) is 4.82. The van der Waals surface area contributed by atoms with E-state index in [0.29, 0.717) is 29.1 Å². The van der Waals surface area contributed by atoms with E-state index >= 15 is 0 Å². The Morgan fingerprint density at radius 2 is 1.74 bits per heavy atom. The lowest BCUT2D eigenvalue weighted by Gasteiger charge is -2.42. The minimum Gasteiger partial charge on any atom is -0.339 e. The number of likely N-dealkylation sites (tertiary alicyclic amines) is 1. The Labute approximate surface area is 230 Å². The number of carbonyl (C=O) groups excluding carboxylic acids is 2. The Bertz CT molecular complexity index is 1310. The molecule has 2 aliphatic heterocycles. The first-order valence-corrected chi connectivity index (χ1v) is 15.6. The first-order chi connectivity index (χ1) is 17.8. The SMILES string of the molecule is CCCCN(C)S(=O)(=O)c1ccc(C(=O)Nc2sc3c(c2C(=O)N2CCCC2)CC(C)(C)NC3(C)C)cc1. The van der Waals surface area contributed by atoms with Crippen molar-refractivity contribution in [3.8, 4) is 0 Å². The van der Waals surface area contributed by atoms with Gasteiger partial charge in [0.05, 0.1) is 10.5 Å². The van der Waals surface area contributed by atoms with Gasteiger partial charge in [0.25, 0.3) is 11.8 Å². The Hall–Kier alpha value is -2.27. The van der Waals surface area contributed by atoms with Crippen LogP contribution in [0.15, 0.2) is 29.2 Å². The molecule has 8 nitrogen and oxygen atoms in total. The molecule has 0 atom stereocenters. The van der Waals surface area contributed by atoms with Gasteiger partial charge in [-0.3, -0.25) is 9.59 Å². The number of unbranched alkanes of at least 4 members (excludes halogenated alkanes) is 1. The normalized spacial score (nSPS) is 18.4.